The molecular formula is C18H19NO6S. The number of anilines is 1. The molecule has 0 saturated carbocycles. The number of hydrogen-bond donors (Lipinski definition) is 1. The molecule has 0 fully saturated rings. The van der Waals surface area contributed by atoms with E-state index in [-0.39, 0.29) is 11.7 Å². The summed E-state index contributed by atoms with van der Waals surface area (Å²) in [6, 6.07) is 8.04. The molecule has 0 bridgehead atoms. The summed E-state index contributed by atoms with van der Waals surface area (Å²) in [5, 5.41) is 2.74. The van der Waals surface area contributed by atoms with E-state index in [1.165, 1.54) is 26.0 Å². The lowest BCUT2D eigenvalue weighted by molar-refractivity contribution is -0.113. The minimum atomic E-state index is -0.448. The van der Waals surface area contributed by atoms with Crippen molar-refractivity contribution in [1.82, 2.24) is 0 Å². The summed E-state index contributed by atoms with van der Waals surface area (Å²) in [6.45, 7) is 1.69. The van der Waals surface area contributed by atoms with Crippen molar-refractivity contribution in [2.45, 2.75) is 12.7 Å². The van der Waals surface area contributed by atoms with E-state index in [0.717, 1.165) is 0 Å². The fourth-order valence-electron chi connectivity index (χ4n) is 2.18. The van der Waals surface area contributed by atoms with Crippen LogP contribution in [0.3, 0.4) is 0 Å². The summed E-state index contributed by atoms with van der Waals surface area (Å²) in [5.74, 6) is 0.690. The molecule has 0 spiro atoms. The molecule has 7 nitrogen and oxygen atoms in total. The number of carbonyl (C=O) groups is 3. The molecule has 1 aromatic heterocycles. The molecule has 26 heavy (non-hydrogen) atoms. The molecule has 0 saturated heterocycles. The van der Waals surface area contributed by atoms with Crippen LogP contribution in [0, 0.1) is 6.92 Å². The smallest absolute Gasteiger partial charge is 0.341 e. The number of aryl methyl sites for hydroxylation is 1. The number of ether oxygens (including phenoxy) is 2. The van der Waals surface area contributed by atoms with E-state index < -0.39 is 11.9 Å². The predicted octanol–water partition coefficient (Wildman–Crippen LogP) is 3.03. The van der Waals surface area contributed by atoms with Crippen molar-refractivity contribution in [3.63, 3.8) is 0 Å². The Morgan fingerprint density at radius 2 is 1.73 bits per heavy atom. The van der Waals surface area contributed by atoms with Crippen molar-refractivity contribution in [1.29, 1.82) is 0 Å². The van der Waals surface area contributed by atoms with E-state index in [2.05, 4.69) is 14.8 Å². The minimum absolute atomic E-state index is 0.183. The summed E-state index contributed by atoms with van der Waals surface area (Å²) in [6.07, 6.45) is 0. The van der Waals surface area contributed by atoms with Gasteiger partial charge in [0.25, 0.3) is 0 Å². The molecule has 2 aromatic rings. The third kappa shape index (κ3) is 5.13. The van der Waals surface area contributed by atoms with Gasteiger partial charge >= 0.3 is 11.9 Å². The first kappa shape index (κ1) is 19.6. The van der Waals surface area contributed by atoms with E-state index in [1.807, 2.05) is 0 Å². The summed E-state index contributed by atoms with van der Waals surface area (Å²) >= 11 is 1.35. The number of nitrogens with one attached hydrogen (secondary N) is 1. The maximum absolute atomic E-state index is 12.0. The Balaban J connectivity index is 1.82. The molecule has 0 aliphatic carbocycles. The Morgan fingerprint density at radius 3 is 2.35 bits per heavy atom. The molecule has 1 amide bonds. The number of benzene rings is 1. The Labute approximate surface area is 155 Å². The third-order valence-corrected chi connectivity index (χ3v) is 4.40. The number of amides is 1. The molecule has 0 atom stereocenters. The van der Waals surface area contributed by atoms with Crippen molar-refractivity contribution in [2.75, 3.05) is 25.3 Å². The van der Waals surface area contributed by atoms with Crippen molar-refractivity contribution in [3.8, 4) is 0 Å². The normalized spacial score (nSPS) is 10.3. The fraction of sp³-hybridized carbons (Fsp3) is 0.278. The van der Waals surface area contributed by atoms with Gasteiger partial charge in [0.15, 0.2) is 0 Å². The highest BCUT2D eigenvalue weighted by Crippen LogP contribution is 2.20. The zero-order valence-electron chi connectivity index (χ0n) is 14.7. The van der Waals surface area contributed by atoms with E-state index in [9.17, 15) is 14.4 Å². The molecule has 138 valence electrons. The van der Waals surface area contributed by atoms with Gasteiger partial charge in [0, 0.05) is 5.69 Å². The monoisotopic (exact) mass is 377 g/mol. The molecule has 1 N–H and O–H groups in total. The number of rotatable bonds is 7. The van der Waals surface area contributed by atoms with Gasteiger partial charge in [-0.2, -0.15) is 0 Å². The molecule has 1 aromatic carbocycles. The van der Waals surface area contributed by atoms with Crippen LogP contribution in [0.1, 0.15) is 32.2 Å². The first-order valence-corrected chi connectivity index (χ1v) is 8.83. The van der Waals surface area contributed by atoms with Crippen LogP contribution >= 0.6 is 11.8 Å². The lowest BCUT2D eigenvalue weighted by Crippen LogP contribution is -2.14. The lowest BCUT2D eigenvalue weighted by Gasteiger charge is -2.05. The van der Waals surface area contributed by atoms with Crippen LogP contribution in [0.15, 0.2) is 34.7 Å². The molecule has 2 rings (SSSR count). The number of hydrogen-bond acceptors (Lipinski definition) is 7. The van der Waals surface area contributed by atoms with Crippen LogP contribution in [0.25, 0.3) is 0 Å². The molecule has 1 heterocycles. The summed E-state index contributed by atoms with van der Waals surface area (Å²) < 4.78 is 14.8. The van der Waals surface area contributed by atoms with Crippen LogP contribution < -0.4 is 5.32 Å². The van der Waals surface area contributed by atoms with E-state index in [4.69, 9.17) is 4.42 Å². The largest absolute Gasteiger partial charge is 0.465 e. The minimum Gasteiger partial charge on any atom is -0.465 e. The van der Waals surface area contributed by atoms with Gasteiger partial charge in [0.05, 0.1) is 31.3 Å². The molecule has 0 unspecified atom stereocenters. The first-order valence-electron chi connectivity index (χ1n) is 7.68. The Bertz CT molecular complexity index is 797. The summed E-state index contributed by atoms with van der Waals surface area (Å²) in [5.41, 5.74) is 1.39. The van der Waals surface area contributed by atoms with Gasteiger partial charge < -0.3 is 19.2 Å². The highest BCUT2D eigenvalue weighted by atomic mass is 32.2. The van der Waals surface area contributed by atoms with Crippen LogP contribution in [-0.4, -0.2) is 37.8 Å². The summed E-state index contributed by atoms with van der Waals surface area (Å²) in [7, 11) is 2.62. The molecule has 0 aliphatic heterocycles. The number of carbonyl (C=O) groups excluding carboxylic acids is 3. The number of esters is 2. The number of furan rings is 1. The van der Waals surface area contributed by atoms with Crippen molar-refractivity contribution >= 4 is 35.3 Å². The second kappa shape index (κ2) is 9.10. The zero-order valence-corrected chi connectivity index (χ0v) is 15.5. The number of thioether (sulfide) groups is 1. The SMILES string of the molecule is COC(=O)c1ccc(NC(=O)CSCc2cc(C(=O)OC)c(C)o2)cc1. The van der Waals surface area contributed by atoms with Crippen LogP contribution in [0.4, 0.5) is 5.69 Å². The Kier molecular flexibility index (Phi) is 6.85. The van der Waals surface area contributed by atoms with Crippen molar-refractivity contribution < 1.29 is 28.3 Å². The average molecular weight is 377 g/mol. The van der Waals surface area contributed by atoms with Crippen molar-refractivity contribution in [2.24, 2.45) is 0 Å². The predicted molar refractivity (Wildman–Crippen MR) is 97.4 cm³/mol. The lowest BCUT2D eigenvalue weighted by atomic mass is 10.2. The zero-order chi connectivity index (χ0) is 19.1. The van der Waals surface area contributed by atoms with Gasteiger partial charge in [-0.3, -0.25) is 4.79 Å². The standard InChI is InChI=1S/C18H19NO6S/c1-11-15(18(22)24-3)8-14(25-11)9-26-10-16(20)19-13-6-4-12(5-7-13)17(21)23-2/h4-8H,9-10H2,1-3H3,(H,19,20). The van der Waals surface area contributed by atoms with Gasteiger partial charge in [0.2, 0.25) is 5.91 Å². The molecule has 0 radical (unpaired) electrons. The quantitative estimate of drug-likeness (QED) is 0.741. The molecule has 0 aliphatic rings. The summed E-state index contributed by atoms with van der Waals surface area (Å²) in [4.78, 5) is 34.9. The average Bonchev–Trinajstić information content (AvgIpc) is 3.01. The maximum atomic E-state index is 12.0. The van der Waals surface area contributed by atoms with Crippen LogP contribution in [0.5, 0.6) is 0 Å². The highest BCUT2D eigenvalue weighted by Gasteiger charge is 2.15. The van der Waals surface area contributed by atoms with Gasteiger partial charge in [-0.25, -0.2) is 9.59 Å². The highest BCUT2D eigenvalue weighted by molar-refractivity contribution is 7.99. The Morgan fingerprint density at radius 1 is 1.08 bits per heavy atom. The van der Waals surface area contributed by atoms with E-state index >= 15 is 0 Å². The van der Waals surface area contributed by atoms with Gasteiger partial charge in [-0.15, -0.1) is 11.8 Å². The van der Waals surface area contributed by atoms with Crippen LogP contribution in [-0.2, 0) is 20.0 Å². The number of methoxy groups -OCH3 is 2. The maximum Gasteiger partial charge on any atom is 0.341 e. The van der Waals surface area contributed by atoms with Crippen LogP contribution in [0.2, 0.25) is 0 Å². The second-order valence-corrected chi connectivity index (χ2v) is 6.27. The first-order chi connectivity index (χ1) is 12.4. The van der Waals surface area contributed by atoms with E-state index in [0.29, 0.717) is 34.1 Å². The van der Waals surface area contributed by atoms with E-state index in [1.54, 1.807) is 37.3 Å². The molecule has 8 heteroatoms. The Hall–Kier alpha value is -2.74. The fourth-order valence-corrected chi connectivity index (χ4v) is 2.88. The van der Waals surface area contributed by atoms with Gasteiger partial charge in [-0.1, -0.05) is 0 Å². The third-order valence-electron chi connectivity index (χ3n) is 3.44. The molecular weight excluding hydrogens is 358 g/mol. The van der Waals surface area contributed by atoms with Gasteiger partial charge in [0.1, 0.15) is 17.1 Å². The topological polar surface area (TPSA) is 94.8 Å². The second-order valence-electron chi connectivity index (χ2n) is 5.28. The van der Waals surface area contributed by atoms with Crippen molar-refractivity contribution in [3.05, 3.63) is 53.0 Å². The van der Waals surface area contributed by atoms with Gasteiger partial charge in [-0.05, 0) is 37.3 Å².